The van der Waals surface area contributed by atoms with E-state index in [9.17, 15) is 0 Å². The van der Waals surface area contributed by atoms with Gasteiger partial charge in [-0.25, -0.2) is 0 Å². The minimum absolute atomic E-state index is 0. The third-order valence-corrected chi connectivity index (χ3v) is 2.43. The monoisotopic (exact) mass is 505 g/mol. The minimum Gasteiger partial charge on any atom is -0.184 e. The molecule has 131 valence electrons. The van der Waals surface area contributed by atoms with Gasteiger partial charge < -0.3 is 0 Å². The zero-order valence-electron chi connectivity index (χ0n) is 13.8. The predicted octanol–water partition coefficient (Wildman–Crippen LogP) is 5.94. The van der Waals surface area contributed by atoms with Gasteiger partial charge in [0.05, 0.1) is 0 Å². The molecule has 4 aromatic rings. The molecule has 0 nitrogen and oxygen atoms in total. The van der Waals surface area contributed by atoms with E-state index in [0.717, 1.165) is 0 Å². The van der Waals surface area contributed by atoms with Crippen LogP contribution in [-0.2, 0) is 22.4 Å². The smallest absolute Gasteiger partial charge is 0 e. The molecule has 4 rings (SSSR count). The second kappa shape index (κ2) is 19.7. The molecule has 0 saturated heterocycles. The maximum Gasteiger partial charge on any atom is 0 e. The third-order valence-electron chi connectivity index (χ3n) is 2.43. The van der Waals surface area contributed by atoms with Crippen LogP contribution in [0.1, 0.15) is 0 Å². The van der Waals surface area contributed by atoms with Crippen LogP contribution in [0.5, 0.6) is 0 Å². The van der Waals surface area contributed by atoms with Gasteiger partial charge in [-0.2, -0.15) is 146 Å². The van der Waals surface area contributed by atoms with Crippen LogP contribution in [0.25, 0.3) is 0 Å². The van der Waals surface area contributed by atoms with Crippen molar-refractivity contribution in [3.8, 4) is 0 Å². The fourth-order valence-electron chi connectivity index (χ4n) is 1.37. The topological polar surface area (TPSA) is 0 Å². The van der Waals surface area contributed by atoms with Crippen LogP contribution in [0.2, 0.25) is 0 Å². The van der Waals surface area contributed by atoms with Crippen LogP contribution >= 0.6 is 0 Å². The van der Waals surface area contributed by atoms with Crippen LogP contribution in [0.3, 0.4) is 0 Å². The van der Waals surface area contributed by atoms with Crippen molar-refractivity contribution in [3.63, 3.8) is 0 Å². The van der Waals surface area contributed by atoms with Gasteiger partial charge in [0.25, 0.3) is 0 Å². The molecule has 0 aromatic heterocycles. The fraction of sp³-hybridized carbons (Fsp3) is 0. The Morgan fingerprint density at radius 3 is 0.440 bits per heavy atom. The maximum atomic E-state index is 2.89. The van der Waals surface area contributed by atoms with Crippen LogP contribution in [0.15, 0.2) is 121 Å². The quantitative estimate of drug-likeness (QED) is 0.205. The largest absolute Gasteiger partial charge is 0.184 e. The SMILES string of the molecule is [Au].[c-]1ccccc1.[c-]1ccccc1.[c-]1ccccc1.[c-]1ccccc1. The molecule has 0 aliphatic carbocycles. The van der Waals surface area contributed by atoms with E-state index in [1.54, 1.807) is 0 Å². The summed E-state index contributed by atoms with van der Waals surface area (Å²) in [6, 6.07) is 50.0. The fourth-order valence-corrected chi connectivity index (χ4v) is 1.37. The van der Waals surface area contributed by atoms with Gasteiger partial charge in [0.2, 0.25) is 0 Å². The van der Waals surface area contributed by atoms with Gasteiger partial charge in [-0.05, 0) is 0 Å². The van der Waals surface area contributed by atoms with Gasteiger partial charge in [0, 0.05) is 22.4 Å². The Hall–Kier alpha value is -2.38. The van der Waals surface area contributed by atoms with Crippen molar-refractivity contribution >= 4 is 0 Å². The normalized spacial score (nSPS) is 7.68. The van der Waals surface area contributed by atoms with Crippen LogP contribution in [0.4, 0.5) is 0 Å². The van der Waals surface area contributed by atoms with Gasteiger partial charge in [-0.15, -0.1) is 0 Å². The molecule has 0 spiro atoms. The molecule has 0 saturated carbocycles. The van der Waals surface area contributed by atoms with Crippen LogP contribution < -0.4 is 0 Å². The van der Waals surface area contributed by atoms with Crippen molar-refractivity contribution in [2.24, 2.45) is 0 Å². The van der Waals surface area contributed by atoms with Crippen molar-refractivity contribution in [2.45, 2.75) is 0 Å². The number of hydrogen-bond donors (Lipinski definition) is 0. The number of hydrogen-bond acceptors (Lipinski definition) is 0. The molecule has 4 aromatic carbocycles. The molecule has 0 amide bonds. The Bertz CT molecular complexity index is 420. The zero-order chi connectivity index (χ0) is 17.0. The van der Waals surface area contributed by atoms with E-state index in [4.69, 9.17) is 0 Å². The molecule has 0 aliphatic rings. The summed E-state index contributed by atoms with van der Waals surface area (Å²) in [5.74, 6) is 0. The van der Waals surface area contributed by atoms with Crippen molar-refractivity contribution in [1.29, 1.82) is 0 Å². The van der Waals surface area contributed by atoms with Crippen LogP contribution in [-0.4, -0.2) is 0 Å². The molecule has 0 bridgehead atoms. The van der Waals surface area contributed by atoms with E-state index in [1.807, 2.05) is 121 Å². The number of rotatable bonds is 0. The van der Waals surface area contributed by atoms with Gasteiger partial charge in [-0.1, -0.05) is 0 Å². The molecule has 0 unspecified atom stereocenters. The molecule has 0 atom stereocenters. The summed E-state index contributed by atoms with van der Waals surface area (Å²) in [7, 11) is 0. The van der Waals surface area contributed by atoms with Crippen molar-refractivity contribution in [1.82, 2.24) is 0 Å². The summed E-state index contributed by atoms with van der Waals surface area (Å²) in [5, 5.41) is 0. The maximum absolute atomic E-state index is 2.89. The van der Waals surface area contributed by atoms with E-state index in [2.05, 4.69) is 24.3 Å². The second-order valence-corrected chi connectivity index (χ2v) is 4.31. The van der Waals surface area contributed by atoms with Gasteiger partial charge in [0.1, 0.15) is 0 Å². The molecule has 0 N–H and O–H groups in total. The average molecular weight is 505 g/mol. The molecule has 1 radical (unpaired) electrons. The Morgan fingerprint density at radius 1 is 0.240 bits per heavy atom. The first-order chi connectivity index (χ1) is 12.0. The van der Waals surface area contributed by atoms with Gasteiger partial charge in [0.15, 0.2) is 0 Å². The molecule has 0 aliphatic heterocycles. The minimum atomic E-state index is 0. The van der Waals surface area contributed by atoms with E-state index < -0.39 is 0 Å². The summed E-state index contributed by atoms with van der Waals surface area (Å²) in [4.78, 5) is 0. The predicted molar refractivity (Wildman–Crippen MR) is 101 cm³/mol. The van der Waals surface area contributed by atoms with Gasteiger partial charge >= 0.3 is 0 Å². The second-order valence-electron chi connectivity index (χ2n) is 4.31. The van der Waals surface area contributed by atoms with E-state index in [0.29, 0.717) is 0 Å². The summed E-state index contributed by atoms with van der Waals surface area (Å²) >= 11 is 0. The number of benzene rings is 4. The Labute approximate surface area is 167 Å². The van der Waals surface area contributed by atoms with Crippen molar-refractivity contribution in [3.05, 3.63) is 146 Å². The Kier molecular flexibility index (Phi) is 17.8. The van der Waals surface area contributed by atoms with E-state index >= 15 is 0 Å². The molecular weight excluding hydrogens is 485 g/mol. The van der Waals surface area contributed by atoms with Gasteiger partial charge in [-0.3, -0.25) is 0 Å². The van der Waals surface area contributed by atoms with Crippen molar-refractivity contribution < 1.29 is 22.4 Å². The first-order valence-electron chi connectivity index (χ1n) is 7.64. The zero-order valence-corrected chi connectivity index (χ0v) is 16.0. The molecular formula is C24H20Au-4. The third kappa shape index (κ3) is 17.8. The Balaban J connectivity index is 0.000000303. The summed E-state index contributed by atoms with van der Waals surface area (Å²) in [6.07, 6.45) is 0. The standard InChI is InChI=1S/4C6H5.Au/c4*1-2-4-6-5-3-1;/h4*1-5H;/q4*-1;. The van der Waals surface area contributed by atoms with E-state index in [-0.39, 0.29) is 22.4 Å². The summed E-state index contributed by atoms with van der Waals surface area (Å²) in [6.45, 7) is 0. The average Bonchev–Trinajstić information content (AvgIpc) is 2.75. The van der Waals surface area contributed by atoms with Crippen molar-refractivity contribution in [2.75, 3.05) is 0 Å². The summed E-state index contributed by atoms with van der Waals surface area (Å²) < 4.78 is 0. The summed E-state index contributed by atoms with van der Waals surface area (Å²) in [5.41, 5.74) is 0. The van der Waals surface area contributed by atoms with Crippen LogP contribution in [0, 0.1) is 24.3 Å². The van der Waals surface area contributed by atoms with E-state index in [1.165, 1.54) is 0 Å². The molecule has 1 heteroatoms. The molecule has 25 heavy (non-hydrogen) atoms. The first-order valence-corrected chi connectivity index (χ1v) is 7.64. The first kappa shape index (κ1) is 22.6. The Morgan fingerprint density at radius 2 is 0.400 bits per heavy atom. The molecule has 0 fully saturated rings. The molecule has 0 heterocycles.